The third-order valence-corrected chi connectivity index (χ3v) is 7.30. The number of carbonyl (C=O) groups is 1. The second-order valence-electron chi connectivity index (χ2n) is 9.59. The Morgan fingerprint density at radius 3 is 2.59 bits per heavy atom. The van der Waals surface area contributed by atoms with Gasteiger partial charge in [0.15, 0.2) is 6.10 Å². The molecule has 0 amide bonds. The van der Waals surface area contributed by atoms with E-state index < -0.39 is 22.1 Å². The number of methoxy groups -OCH3 is 1. The Labute approximate surface area is 200 Å². The molecular weight excluding hydrogens is 454 g/mol. The van der Waals surface area contributed by atoms with E-state index in [9.17, 15) is 13.2 Å². The molecular formula is C26H31NO6S. The largest absolute Gasteiger partial charge is 0.493 e. The molecule has 0 saturated heterocycles. The Hall–Kier alpha value is -2.58. The van der Waals surface area contributed by atoms with Gasteiger partial charge in [-0.05, 0) is 97.4 Å². The van der Waals surface area contributed by atoms with Crippen LogP contribution in [0.3, 0.4) is 0 Å². The highest BCUT2D eigenvalue weighted by Crippen LogP contribution is 2.51. The molecule has 34 heavy (non-hydrogen) atoms. The summed E-state index contributed by atoms with van der Waals surface area (Å²) < 4.78 is 44.2. The minimum Gasteiger partial charge on any atom is -0.493 e. The Morgan fingerprint density at radius 1 is 1.18 bits per heavy atom. The molecule has 2 aromatic carbocycles. The number of carbonyl (C=O) groups excluding carboxylic acids is 1. The molecule has 0 radical (unpaired) electrons. The maximum absolute atomic E-state index is 13.0. The molecule has 1 aliphatic heterocycles. The summed E-state index contributed by atoms with van der Waals surface area (Å²) in [4.78, 5) is 13.0. The van der Waals surface area contributed by atoms with Gasteiger partial charge in [0.1, 0.15) is 5.75 Å². The van der Waals surface area contributed by atoms with Crippen molar-refractivity contribution in [3.8, 4) is 16.9 Å². The Bertz CT molecular complexity index is 1230. The number of sulfonamides is 1. The quantitative estimate of drug-likeness (QED) is 0.548. The molecule has 2 aliphatic carbocycles. The predicted molar refractivity (Wildman–Crippen MR) is 130 cm³/mol. The summed E-state index contributed by atoms with van der Waals surface area (Å²) in [6.07, 6.45) is 5.95. The van der Waals surface area contributed by atoms with Gasteiger partial charge in [-0.2, -0.15) is 0 Å². The lowest BCUT2D eigenvalue weighted by atomic mass is 9.84. The van der Waals surface area contributed by atoms with Crippen LogP contribution in [0.15, 0.2) is 24.3 Å². The summed E-state index contributed by atoms with van der Waals surface area (Å²) >= 11 is 0. The zero-order chi connectivity index (χ0) is 24.0. The number of anilines is 1. The summed E-state index contributed by atoms with van der Waals surface area (Å²) in [5.41, 5.74) is 5.97. The van der Waals surface area contributed by atoms with Gasteiger partial charge in [0.25, 0.3) is 0 Å². The second-order valence-corrected chi connectivity index (χ2v) is 11.3. The highest BCUT2D eigenvalue weighted by molar-refractivity contribution is 7.92. The van der Waals surface area contributed by atoms with Crippen molar-refractivity contribution in [2.45, 2.75) is 63.6 Å². The monoisotopic (exact) mass is 485 g/mol. The lowest BCUT2D eigenvalue weighted by Gasteiger charge is -2.27. The van der Waals surface area contributed by atoms with E-state index in [2.05, 4.69) is 10.8 Å². The number of esters is 1. The highest BCUT2D eigenvalue weighted by atomic mass is 32.2. The van der Waals surface area contributed by atoms with Crippen molar-refractivity contribution in [2.75, 3.05) is 24.7 Å². The number of rotatable bonds is 8. The summed E-state index contributed by atoms with van der Waals surface area (Å²) in [6.45, 7) is 2.56. The summed E-state index contributed by atoms with van der Waals surface area (Å²) in [7, 11) is -2.16. The van der Waals surface area contributed by atoms with Crippen LogP contribution in [0.2, 0.25) is 0 Å². The maximum atomic E-state index is 13.0. The average molecular weight is 486 g/mol. The van der Waals surface area contributed by atoms with Crippen LogP contribution < -0.4 is 9.46 Å². The van der Waals surface area contributed by atoms with Crippen molar-refractivity contribution in [1.29, 1.82) is 0 Å². The van der Waals surface area contributed by atoms with Gasteiger partial charge in [-0.15, -0.1) is 0 Å². The molecule has 1 atom stereocenters. The van der Waals surface area contributed by atoms with Gasteiger partial charge in [-0.3, -0.25) is 4.72 Å². The minimum atomic E-state index is -3.51. The number of aryl methyl sites for hydroxylation is 1. The molecule has 1 heterocycles. The molecule has 2 aromatic rings. The van der Waals surface area contributed by atoms with Crippen molar-refractivity contribution < 1.29 is 27.4 Å². The predicted octanol–water partition coefficient (Wildman–Crippen LogP) is 4.63. The number of benzene rings is 2. The molecule has 0 spiro atoms. The molecule has 0 aromatic heterocycles. The number of hydrogen-bond donors (Lipinski definition) is 1. The third kappa shape index (κ3) is 4.79. The van der Waals surface area contributed by atoms with Crippen LogP contribution in [0, 0.1) is 6.92 Å². The number of hydrogen-bond acceptors (Lipinski definition) is 6. The van der Waals surface area contributed by atoms with Crippen LogP contribution in [-0.2, 0) is 30.7 Å². The third-order valence-electron chi connectivity index (χ3n) is 6.71. The molecule has 0 bridgehead atoms. The van der Waals surface area contributed by atoms with E-state index in [4.69, 9.17) is 14.2 Å². The molecule has 2 saturated carbocycles. The zero-order valence-electron chi connectivity index (χ0n) is 19.8. The van der Waals surface area contributed by atoms with E-state index in [-0.39, 0.29) is 6.10 Å². The topological polar surface area (TPSA) is 90.9 Å². The first-order valence-corrected chi connectivity index (χ1v) is 13.8. The van der Waals surface area contributed by atoms with Gasteiger partial charge >= 0.3 is 5.97 Å². The SMILES string of the molecule is COC(=O)C(OC1CC1)c1c(C)c(NS(C)(=O)=O)cc(C2CC2)c1-c1ccc2c(c1)CCCO2. The maximum Gasteiger partial charge on any atom is 0.339 e. The number of fused-ring (bicyclic) bond motifs is 1. The van der Waals surface area contributed by atoms with Crippen LogP contribution in [0.4, 0.5) is 5.69 Å². The second kappa shape index (κ2) is 8.89. The molecule has 7 nitrogen and oxygen atoms in total. The van der Waals surface area contributed by atoms with E-state index >= 15 is 0 Å². The van der Waals surface area contributed by atoms with Crippen molar-refractivity contribution >= 4 is 21.7 Å². The summed E-state index contributed by atoms with van der Waals surface area (Å²) in [6, 6.07) is 8.11. The van der Waals surface area contributed by atoms with Gasteiger partial charge < -0.3 is 14.2 Å². The van der Waals surface area contributed by atoms with Crippen LogP contribution in [-0.4, -0.2) is 40.5 Å². The van der Waals surface area contributed by atoms with Gasteiger partial charge in [0, 0.05) is 5.56 Å². The fourth-order valence-corrected chi connectivity index (χ4v) is 5.37. The van der Waals surface area contributed by atoms with Gasteiger partial charge in [-0.1, -0.05) is 6.07 Å². The van der Waals surface area contributed by atoms with Gasteiger partial charge in [0.05, 0.1) is 31.8 Å². The van der Waals surface area contributed by atoms with Crippen LogP contribution in [0.5, 0.6) is 5.75 Å². The van der Waals surface area contributed by atoms with E-state index in [0.29, 0.717) is 22.7 Å². The normalized spacial score (nSPS) is 18.6. The van der Waals surface area contributed by atoms with E-state index in [1.807, 2.05) is 25.1 Å². The summed E-state index contributed by atoms with van der Waals surface area (Å²) in [5, 5.41) is 0. The van der Waals surface area contributed by atoms with Crippen molar-refractivity contribution in [3.05, 3.63) is 46.5 Å². The fourth-order valence-electron chi connectivity index (χ4n) is 4.76. The molecule has 8 heteroatoms. The molecule has 1 unspecified atom stereocenters. The molecule has 2 fully saturated rings. The number of nitrogens with one attached hydrogen (secondary N) is 1. The highest BCUT2D eigenvalue weighted by Gasteiger charge is 2.38. The molecule has 3 aliphatic rings. The fraction of sp³-hybridized carbons (Fsp3) is 0.500. The smallest absolute Gasteiger partial charge is 0.339 e. The Kier molecular flexibility index (Phi) is 6.06. The van der Waals surface area contributed by atoms with E-state index in [1.165, 1.54) is 7.11 Å². The molecule has 1 N–H and O–H groups in total. The summed E-state index contributed by atoms with van der Waals surface area (Å²) in [5.74, 6) is 0.729. The minimum absolute atomic E-state index is 0.00387. The number of ether oxygens (including phenoxy) is 3. The average Bonchev–Trinajstić information content (AvgIpc) is 3.72. The van der Waals surface area contributed by atoms with Gasteiger partial charge in [0.2, 0.25) is 10.0 Å². The molecule has 5 rings (SSSR count). The standard InChI is InChI=1S/C26H31NO6S/c1-15-21(27-34(3,29)30)14-20(16-6-7-16)24(18-8-11-22-17(13-18)5-4-12-32-22)23(15)25(26(28)31-2)33-19-9-10-19/h8,11,13-14,16,19,25,27H,4-7,9-10,12H2,1-3H3. The first-order valence-electron chi connectivity index (χ1n) is 11.9. The van der Waals surface area contributed by atoms with Crippen molar-refractivity contribution in [1.82, 2.24) is 0 Å². The van der Waals surface area contributed by atoms with Gasteiger partial charge in [-0.25, -0.2) is 13.2 Å². The van der Waals surface area contributed by atoms with Crippen LogP contribution in [0.1, 0.15) is 66.4 Å². The Balaban J connectivity index is 1.76. The Morgan fingerprint density at radius 2 is 1.94 bits per heavy atom. The first kappa shape index (κ1) is 23.2. The van der Waals surface area contributed by atoms with Crippen LogP contribution >= 0.6 is 0 Å². The van der Waals surface area contributed by atoms with E-state index in [1.54, 1.807) is 0 Å². The lowest BCUT2D eigenvalue weighted by molar-refractivity contribution is -0.155. The van der Waals surface area contributed by atoms with Crippen LogP contribution in [0.25, 0.3) is 11.1 Å². The van der Waals surface area contributed by atoms with E-state index in [0.717, 1.165) is 79.4 Å². The first-order chi connectivity index (χ1) is 16.2. The zero-order valence-corrected chi connectivity index (χ0v) is 20.7. The van der Waals surface area contributed by atoms with Crippen molar-refractivity contribution in [3.63, 3.8) is 0 Å². The molecule has 182 valence electrons. The lowest BCUT2D eigenvalue weighted by Crippen LogP contribution is -2.22. The van der Waals surface area contributed by atoms with Crippen molar-refractivity contribution in [2.24, 2.45) is 0 Å².